The van der Waals surface area contributed by atoms with Gasteiger partial charge in [0, 0.05) is 12.6 Å². The summed E-state index contributed by atoms with van der Waals surface area (Å²) in [5, 5.41) is 10.4. The molecule has 1 heterocycles. The third kappa shape index (κ3) is 4.65. The zero-order valence-corrected chi connectivity index (χ0v) is 14.2. The number of carbonyl (C=O) groups is 1. The maximum absolute atomic E-state index is 12.0. The summed E-state index contributed by atoms with van der Waals surface area (Å²) in [7, 11) is 0. The molecule has 0 saturated carbocycles. The fourth-order valence-corrected chi connectivity index (χ4v) is 2.56. The van der Waals surface area contributed by atoms with Crippen molar-refractivity contribution in [3.8, 4) is 0 Å². The number of pyridine rings is 1. The number of carbonyl (C=O) groups excluding carboxylic acids is 1. The minimum atomic E-state index is -0.648. The first kappa shape index (κ1) is 17.6. The number of nitrogens with zero attached hydrogens (tertiary/aromatic N) is 1. The third-order valence-electron chi connectivity index (χ3n) is 3.93. The van der Waals surface area contributed by atoms with Crippen molar-refractivity contribution in [2.24, 2.45) is 0 Å². The molecule has 3 rings (SSSR count). The quantitative estimate of drug-likeness (QED) is 0.538. The highest BCUT2D eigenvalue weighted by Gasteiger charge is 2.11. The lowest BCUT2D eigenvalue weighted by atomic mass is 10.0. The molecular formula is C22H19NO3. The summed E-state index contributed by atoms with van der Waals surface area (Å²) in [4.78, 5) is 16.3. The van der Waals surface area contributed by atoms with Crippen LogP contribution in [-0.2, 0) is 11.2 Å². The normalized spacial score (nSPS) is 12.0. The second-order valence-electron chi connectivity index (χ2n) is 5.74. The van der Waals surface area contributed by atoms with Crippen LogP contribution in [0.25, 0.3) is 6.08 Å². The van der Waals surface area contributed by atoms with E-state index < -0.39 is 12.1 Å². The van der Waals surface area contributed by atoms with Crippen LogP contribution >= 0.6 is 0 Å². The number of esters is 1. The van der Waals surface area contributed by atoms with Gasteiger partial charge < -0.3 is 9.84 Å². The highest BCUT2D eigenvalue weighted by atomic mass is 16.5. The van der Waals surface area contributed by atoms with Crippen molar-refractivity contribution < 1.29 is 14.6 Å². The van der Waals surface area contributed by atoms with Gasteiger partial charge in [0.1, 0.15) is 0 Å². The van der Waals surface area contributed by atoms with Crippen LogP contribution in [0.15, 0.2) is 85.3 Å². The molecule has 1 N–H and O–H groups in total. The van der Waals surface area contributed by atoms with Gasteiger partial charge in [0.05, 0.1) is 23.6 Å². The second kappa shape index (κ2) is 8.74. The first-order valence-electron chi connectivity index (χ1n) is 8.33. The molecule has 4 heteroatoms. The molecular weight excluding hydrogens is 326 g/mol. The Hall–Kier alpha value is -3.24. The SMILES string of the molecule is O=C(OC=Cc1cccnc1CC(O)c1ccccc1)c1ccccc1. The number of hydrogen-bond acceptors (Lipinski definition) is 4. The molecule has 0 aliphatic heterocycles. The summed E-state index contributed by atoms with van der Waals surface area (Å²) < 4.78 is 5.17. The van der Waals surface area contributed by atoms with Crippen molar-refractivity contribution in [2.75, 3.05) is 0 Å². The van der Waals surface area contributed by atoms with Gasteiger partial charge in [-0.1, -0.05) is 54.6 Å². The van der Waals surface area contributed by atoms with Crippen LogP contribution in [-0.4, -0.2) is 16.1 Å². The summed E-state index contributed by atoms with van der Waals surface area (Å²) >= 11 is 0. The molecule has 130 valence electrons. The monoisotopic (exact) mass is 345 g/mol. The topological polar surface area (TPSA) is 59.4 Å². The first-order chi connectivity index (χ1) is 12.7. The van der Waals surface area contributed by atoms with Gasteiger partial charge in [-0.05, 0) is 35.4 Å². The van der Waals surface area contributed by atoms with Crippen LogP contribution in [0, 0.1) is 0 Å². The Bertz CT molecular complexity index is 876. The van der Waals surface area contributed by atoms with Crippen molar-refractivity contribution in [1.29, 1.82) is 0 Å². The molecule has 0 aliphatic rings. The number of hydrogen-bond donors (Lipinski definition) is 1. The van der Waals surface area contributed by atoms with Crippen molar-refractivity contribution in [3.05, 3.63) is 108 Å². The fraction of sp³-hybridized carbons (Fsp3) is 0.0909. The number of rotatable bonds is 6. The smallest absolute Gasteiger partial charge is 0.342 e. The molecule has 0 bridgehead atoms. The Balaban J connectivity index is 1.68. The van der Waals surface area contributed by atoms with E-state index in [0.717, 1.165) is 16.8 Å². The molecule has 4 nitrogen and oxygen atoms in total. The predicted molar refractivity (Wildman–Crippen MR) is 100 cm³/mol. The van der Waals surface area contributed by atoms with Gasteiger partial charge in [0.15, 0.2) is 0 Å². The molecule has 0 spiro atoms. The summed E-state index contributed by atoms with van der Waals surface area (Å²) in [6.45, 7) is 0. The lowest BCUT2D eigenvalue weighted by Gasteiger charge is -2.12. The predicted octanol–water partition coefficient (Wildman–Crippen LogP) is 4.19. The van der Waals surface area contributed by atoms with E-state index in [1.165, 1.54) is 6.26 Å². The van der Waals surface area contributed by atoms with E-state index in [4.69, 9.17) is 4.74 Å². The van der Waals surface area contributed by atoms with Gasteiger partial charge in [-0.2, -0.15) is 0 Å². The van der Waals surface area contributed by atoms with E-state index in [1.54, 1.807) is 42.6 Å². The molecule has 26 heavy (non-hydrogen) atoms. The molecule has 3 aromatic rings. The molecule has 2 aromatic carbocycles. The Morgan fingerprint density at radius 3 is 2.42 bits per heavy atom. The van der Waals surface area contributed by atoms with Crippen molar-refractivity contribution >= 4 is 12.0 Å². The van der Waals surface area contributed by atoms with Crippen molar-refractivity contribution in [3.63, 3.8) is 0 Å². The summed E-state index contributed by atoms with van der Waals surface area (Å²) in [6.07, 6.45) is 4.44. The molecule has 0 amide bonds. The first-order valence-corrected chi connectivity index (χ1v) is 8.33. The molecule has 0 saturated heterocycles. The fourth-order valence-electron chi connectivity index (χ4n) is 2.56. The van der Waals surface area contributed by atoms with Crippen LogP contribution < -0.4 is 0 Å². The van der Waals surface area contributed by atoms with Gasteiger partial charge in [-0.25, -0.2) is 4.79 Å². The Morgan fingerprint density at radius 2 is 1.69 bits per heavy atom. The molecule has 0 radical (unpaired) electrons. The van der Waals surface area contributed by atoms with Crippen molar-refractivity contribution in [1.82, 2.24) is 4.98 Å². The minimum absolute atomic E-state index is 0.372. The molecule has 0 fully saturated rings. The van der Waals surface area contributed by atoms with E-state index in [-0.39, 0.29) is 0 Å². The molecule has 1 aromatic heterocycles. The van der Waals surface area contributed by atoms with Gasteiger partial charge in [0.25, 0.3) is 0 Å². The second-order valence-corrected chi connectivity index (χ2v) is 5.74. The van der Waals surface area contributed by atoms with Crippen LogP contribution in [0.4, 0.5) is 0 Å². The maximum Gasteiger partial charge on any atom is 0.342 e. The van der Waals surface area contributed by atoms with Gasteiger partial charge in [0.2, 0.25) is 0 Å². The lowest BCUT2D eigenvalue weighted by Crippen LogP contribution is -2.05. The van der Waals surface area contributed by atoms with Crippen LogP contribution in [0.5, 0.6) is 0 Å². The van der Waals surface area contributed by atoms with E-state index in [2.05, 4.69) is 4.98 Å². The Labute approximate surface area is 152 Å². The van der Waals surface area contributed by atoms with Crippen LogP contribution in [0.2, 0.25) is 0 Å². The van der Waals surface area contributed by atoms with Gasteiger partial charge in [-0.3, -0.25) is 4.98 Å². The van der Waals surface area contributed by atoms with E-state index in [0.29, 0.717) is 12.0 Å². The lowest BCUT2D eigenvalue weighted by molar-refractivity contribution is 0.0665. The third-order valence-corrected chi connectivity index (χ3v) is 3.93. The Kier molecular flexibility index (Phi) is 5.91. The number of benzene rings is 2. The summed E-state index contributed by atoms with van der Waals surface area (Å²) in [5.41, 5.74) is 2.85. The average Bonchev–Trinajstić information content (AvgIpc) is 2.70. The van der Waals surface area contributed by atoms with Crippen molar-refractivity contribution in [2.45, 2.75) is 12.5 Å². The minimum Gasteiger partial charge on any atom is -0.431 e. The zero-order chi connectivity index (χ0) is 18.2. The number of aromatic nitrogens is 1. The average molecular weight is 345 g/mol. The summed E-state index contributed by atoms with van der Waals surface area (Å²) in [6, 6.07) is 21.9. The number of aliphatic hydroxyl groups excluding tert-OH is 1. The molecule has 1 atom stereocenters. The van der Waals surface area contributed by atoms with Crippen LogP contribution in [0.3, 0.4) is 0 Å². The number of aliphatic hydroxyl groups is 1. The van der Waals surface area contributed by atoms with E-state index >= 15 is 0 Å². The highest BCUT2D eigenvalue weighted by Crippen LogP contribution is 2.19. The maximum atomic E-state index is 12.0. The Morgan fingerprint density at radius 1 is 1.00 bits per heavy atom. The van der Waals surface area contributed by atoms with Gasteiger partial charge in [-0.15, -0.1) is 0 Å². The standard InChI is InChI=1S/C22H19NO3/c24-21(18-8-3-1-4-9-18)16-20-17(12-7-14-23-20)13-15-26-22(25)19-10-5-2-6-11-19/h1-15,21,24H,16H2. The molecule has 1 unspecified atom stereocenters. The molecule has 0 aliphatic carbocycles. The highest BCUT2D eigenvalue weighted by molar-refractivity contribution is 5.89. The summed E-state index contributed by atoms with van der Waals surface area (Å²) in [5.74, 6) is -0.420. The largest absolute Gasteiger partial charge is 0.431 e. The van der Waals surface area contributed by atoms with Crippen LogP contribution in [0.1, 0.15) is 33.3 Å². The number of ether oxygens (including phenoxy) is 1. The van der Waals surface area contributed by atoms with E-state index in [1.807, 2.05) is 42.5 Å². The van der Waals surface area contributed by atoms with Gasteiger partial charge >= 0.3 is 5.97 Å². The zero-order valence-electron chi connectivity index (χ0n) is 14.2. The van der Waals surface area contributed by atoms with E-state index in [9.17, 15) is 9.90 Å².